The lowest BCUT2D eigenvalue weighted by Gasteiger charge is -2.12. The molecule has 0 aliphatic rings. The van der Waals surface area contributed by atoms with E-state index < -0.39 is 6.10 Å². The molecule has 1 aromatic heterocycles. The molecule has 0 radical (unpaired) electrons. The predicted octanol–water partition coefficient (Wildman–Crippen LogP) is 1.97. The fourth-order valence-electron chi connectivity index (χ4n) is 1.70. The highest BCUT2D eigenvalue weighted by Crippen LogP contribution is 2.17. The molecule has 2 rings (SSSR count). The summed E-state index contributed by atoms with van der Waals surface area (Å²) >= 11 is 3.40. The van der Waals surface area contributed by atoms with E-state index in [-0.39, 0.29) is 0 Å². The second kappa shape index (κ2) is 6.68. The molecule has 1 heterocycles. The number of hydrogen-bond acceptors (Lipinski definition) is 3. The zero-order chi connectivity index (χ0) is 12.8. The topological polar surface area (TPSA) is 50.1 Å². The van der Waals surface area contributed by atoms with E-state index >= 15 is 0 Å². The molecule has 0 bridgehead atoms. The second-order valence-electron chi connectivity index (χ2n) is 4.04. The molecule has 96 valence electrons. The van der Waals surface area contributed by atoms with E-state index in [4.69, 9.17) is 0 Å². The Hall–Kier alpha value is -1.17. The van der Waals surface area contributed by atoms with Crippen molar-refractivity contribution in [2.45, 2.75) is 12.6 Å². The van der Waals surface area contributed by atoms with E-state index in [0.717, 1.165) is 23.1 Å². The minimum Gasteiger partial charge on any atom is -0.387 e. The maximum Gasteiger partial charge on any atom is 0.0914 e. The highest BCUT2D eigenvalue weighted by Gasteiger charge is 2.06. The normalized spacial score (nSPS) is 12.6. The summed E-state index contributed by atoms with van der Waals surface area (Å²) < 4.78 is 2.84. The summed E-state index contributed by atoms with van der Waals surface area (Å²) in [6.45, 7) is 2.13. The van der Waals surface area contributed by atoms with Crippen LogP contribution in [0.15, 0.2) is 47.2 Å². The Balaban J connectivity index is 1.73. The van der Waals surface area contributed by atoms with Crippen molar-refractivity contribution in [3.8, 4) is 0 Å². The Labute approximate surface area is 115 Å². The predicted molar refractivity (Wildman–Crippen MR) is 74.2 cm³/mol. The minimum atomic E-state index is -0.486. The fraction of sp³-hybridized carbons (Fsp3) is 0.308. The van der Waals surface area contributed by atoms with Crippen LogP contribution in [0.4, 0.5) is 0 Å². The molecule has 0 amide bonds. The first-order valence-electron chi connectivity index (χ1n) is 5.87. The van der Waals surface area contributed by atoms with Crippen molar-refractivity contribution in [2.24, 2.45) is 0 Å². The number of halogens is 1. The van der Waals surface area contributed by atoms with Gasteiger partial charge in [0.25, 0.3) is 0 Å². The Morgan fingerprint density at radius 3 is 3.00 bits per heavy atom. The van der Waals surface area contributed by atoms with E-state index in [1.165, 1.54) is 0 Å². The van der Waals surface area contributed by atoms with Gasteiger partial charge in [-0.05, 0) is 23.8 Å². The van der Waals surface area contributed by atoms with Crippen LogP contribution in [-0.2, 0) is 6.54 Å². The summed E-state index contributed by atoms with van der Waals surface area (Å²) in [6.07, 6.45) is 3.20. The fourth-order valence-corrected chi connectivity index (χ4v) is 2.11. The molecule has 0 saturated carbocycles. The van der Waals surface area contributed by atoms with Crippen molar-refractivity contribution in [1.82, 2.24) is 15.1 Å². The van der Waals surface area contributed by atoms with E-state index in [1.54, 1.807) is 6.20 Å². The van der Waals surface area contributed by atoms with Crippen molar-refractivity contribution >= 4 is 15.9 Å². The van der Waals surface area contributed by atoms with Crippen LogP contribution in [0.25, 0.3) is 0 Å². The summed E-state index contributed by atoms with van der Waals surface area (Å²) in [6, 6.07) is 9.62. The molecule has 0 unspecified atom stereocenters. The lowest BCUT2D eigenvalue weighted by atomic mass is 10.1. The van der Waals surface area contributed by atoms with Gasteiger partial charge in [-0.2, -0.15) is 5.10 Å². The van der Waals surface area contributed by atoms with Gasteiger partial charge in [-0.3, -0.25) is 4.68 Å². The summed E-state index contributed by atoms with van der Waals surface area (Å²) in [7, 11) is 0. The molecule has 2 aromatic rings. The van der Waals surface area contributed by atoms with E-state index in [9.17, 15) is 5.11 Å². The molecule has 4 nitrogen and oxygen atoms in total. The van der Waals surface area contributed by atoms with Crippen LogP contribution >= 0.6 is 15.9 Å². The maximum absolute atomic E-state index is 10.00. The van der Waals surface area contributed by atoms with Crippen LogP contribution in [0.5, 0.6) is 0 Å². The van der Waals surface area contributed by atoms with Gasteiger partial charge < -0.3 is 10.4 Å². The number of hydrogen-bond donors (Lipinski definition) is 2. The molecular weight excluding hydrogens is 294 g/mol. The summed E-state index contributed by atoms with van der Waals surface area (Å²) in [5.41, 5.74) is 0.913. The first-order valence-corrected chi connectivity index (χ1v) is 6.66. The van der Waals surface area contributed by atoms with Crippen molar-refractivity contribution in [3.05, 3.63) is 52.8 Å². The maximum atomic E-state index is 10.00. The van der Waals surface area contributed by atoms with Crippen molar-refractivity contribution in [1.29, 1.82) is 0 Å². The van der Waals surface area contributed by atoms with Crippen LogP contribution in [0, 0.1) is 0 Å². The van der Waals surface area contributed by atoms with Gasteiger partial charge in [-0.15, -0.1) is 0 Å². The molecule has 1 atom stereocenters. The van der Waals surface area contributed by atoms with E-state index in [2.05, 4.69) is 26.3 Å². The first kappa shape index (κ1) is 13.3. The number of rotatable bonds is 6. The Bertz CT molecular complexity index is 473. The zero-order valence-electron chi connectivity index (χ0n) is 9.96. The molecule has 0 saturated heterocycles. The van der Waals surface area contributed by atoms with Gasteiger partial charge in [0.2, 0.25) is 0 Å². The Morgan fingerprint density at radius 2 is 2.28 bits per heavy atom. The molecule has 0 aliphatic carbocycles. The van der Waals surface area contributed by atoms with Gasteiger partial charge in [-0.25, -0.2) is 0 Å². The highest BCUT2D eigenvalue weighted by atomic mass is 79.9. The van der Waals surface area contributed by atoms with Gasteiger partial charge in [-0.1, -0.05) is 28.1 Å². The number of aromatic nitrogens is 2. The summed E-state index contributed by atoms with van der Waals surface area (Å²) in [5.74, 6) is 0. The van der Waals surface area contributed by atoms with Crippen LogP contribution in [-0.4, -0.2) is 28.0 Å². The van der Waals surface area contributed by atoms with Gasteiger partial charge >= 0.3 is 0 Å². The quantitative estimate of drug-likeness (QED) is 0.802. The average Bonchev–Trinajstić information content (AvgIpc) is 2.87. The largest absolute Gasteiger partial charge is 0.387 e. The SMILES string of the molecule is O[C@@H](CNCCn1cccn1)c1cccc(Br)c1. The molecule has 0 fully saturated rings. The lowest BCUT2D eigenvalue weighted by molar-refractivity contribution is 0.174. The third-order valence-corrected chi connectivity index (χ3v) is 3.14. The molecule has 18 heavy (non-hydrogen) atoms. The standard InChI is InChI=1S/C13H16BrN3O/c14-12-4-1-3-11(9-12)13(18)10-15-6-8-17-7-2-5-16-17/h1-5,7,9,13,15,18H,6,8,10H2/t13-/m0/s1. The molecular formula is C13H16BrN3O. The average molecular weight is 310 g/mol. The smallest absolute Gasteiger partial charge is 0.0914 e. The zero-order valence-corrected chi connectivity index (χ0v) is 11.5. The van der Waals surface area contributed by atoms with Gasteiger partial charge in [0.1, 0.15) is 0 Å². The van der Waals surface area contributed by atoms with Gasteiger partial charge in [0.05, 0.1) is 12.6 Å². The first-order chi connectivity index (χ1) is 8.75. The minimum absolute atomic E-state index is 0.486. The highest BCUT2D eigenvalue weighted by molar-refractivity contribution is 9.10. The van der Waals surface area contributed by atoms with Gasteiger partial charge in [0.15, 0.2) is 0 Å². The van der Waals surface area contributed by atoms with Gasteiger partial charge in [0, 0.05) is 30.0 Å². The van der Waals surface area contributed by atoms with E-state index in [0.29, 0.717) is 6.54 Å². The Kier molecular flexibility index (Phi) is 4.92. The van der Waals surface area contributed by atoms with Crippen molar-refractivity contribution < 1.29 is 5.11 Å². The number of aliphatic hydroxyl groups is 1. The molecule has 0 aliphatic heterocycles. The molecule has 5 heteroatoms. The monoisotopic (exact) mass is 309 g/mol. The summed E-state index contributed by atoms with van der Waals surface area (Å²) in [4.78, 5) is 0. The molecule has 1 aromatic carbocycles. The molecule has 2 N–H and O–H groups in total. The number of benzene rings is 1. The molecule has 0 spiro atoms. The van der Waals surface area contributed by atoms with Crippen LogP contribution in [0.2, 0.25) is 0 Å². The van der Waals surface area contributed by atoms with Crippen molar-refractivity contribution in [2.75, 3.05) is 13.1 Å². The number of nitrogens with one attached hydrogen (secondary N) is 1. The van der Waals surface area contributed by atoms with Crippen molar-refractivity contribution in [3.63, 3.8) is 0 Å². The third-order valence-electron chi connectivity index (χ3n) is 2.65. The Morgan fingerprint density at radius 1 is 1.39 bits per heavy atom. The number of aliphatic hydroxyl groups excluding tert-OH is 1. The lowest BCUT2D eigenvalue weighted by Crippen LogP contribution is -2.25. The summed E-state index contributed by atoms with van der Waals surface area (Å²) in [5, 5.41) is 17.3. The van der Waals surface area contributed by atoms with Crippen LogP contribution in [0.1, 0.15) is 11.7 Å². The second-order valence-corrected chi connectivity index (χ2v) is 4.96. The van der Waals surface area contributed by atoms with Crippen LogP contribution < -0.4 is 5.32 Å². The van der Waals surface area contributed by atoms with Crippen LogP contribution in [0.3, 0.4) is 0 Å². The third kappa shape index (κ3) is 3.94. The van der Waals surface area contributed by atoms with E-state index in [1.807, 2.05) is 41.2 Å². The number of nitrogens with zero attached hydrogens (tertiary/aromatic N) is 2.